The Morgan fingerprint density at radius 3 is 2.28 bits per heavy atom. The van der Waals surface area contributed by atoms with E-state index in [1.54, 1.807) is 0 Å². The van der Waals surface area contributed by atoms with E-state index < -0.39 is 0 Å². The van der Waals surface area contributed by atoms with Crippen LogP contribution in [0.1, 0.15) is 6.92 Å². The van der Waals surface area contributed by atoms with Crippen LogP contribution >= 0.6 is 0 Å². The van der Waals surface area contributed by atoms with Crippen molar-refractivity contribution in [1.82, 2.24) is 14.8 Å². The molecular weight excluding hydrogens is 314 g/mol. The predicted octanol–water partition coefficient (Wildman–Crippen LogP) is 1.97. The van der Waals surface area contributed by atoms with Crippen LogP contribution in [0.3, 0.4) is 0 Å². The average molecular weight is 335 g/mol. The van der Waals surface area contributed by atoms with Gasteiger partial charge in [-0.25, -0.2) is 0 Å². The standard InChI is InChI=1S/C20H21N3O2/c1-14-12-21-10-11-22(14)19(24)13-23-17-8-4-2-6-15(17)20(25)16-7-3-5-9-18(16)23/h2-9,14,21H,10-13H2,1H3. The maximum Gasteiger partial charge on any atom is 0.242 e. The fourth-order valence-corrected chi connectivity index (χ4v) is 3.68. The van der Waals surface area contributed by atoms with Gasteiger partial charge in [0.2, 0.25) is 5.91 Å². The van der Waals surface area contributed by atoms with Crippen LogP contribution < -0.4 is 10.7 Å². The SMILES string of the molecule is CC1CNCCN1C(=O)Cn1c2ccccc2c(=O)c2ccccc21. The number of piperazine rings is 1. The van der Waals surface area contributed by atoms with Gasteiger partial charge in [0, 0.05) is 36.4 Å². The lowest BCUT2D eigenvalue weighted by Gasteiger charge is -2.34. The van der Waals surface area contributed by atoms with Crippen molar-refractivity contribution >= 4 is 27.7 Å². The van der Waals surface area contributed by atoms with Crippen LogP contribution in [-0.2, 0) is 11.3 Å². The summed E-state index contributed by atoms with van der Waals surface area (Å²) in [5, 5.41) is 4.62. The summed E-state index contributed by atoms with van der Waals surface area (Å²) in [6, 6.07) is 15.2. The average Bonchev–Trinajstić information content (AvgIpc) is 2.65. The first-order chi connectivity index (χ1) is 12.2. The molecular formula is C20H21N3O2. The number of hydrogen-bond acceptors (Lipinski definition) is 3. The number of amides is 1. The quantitative estimate of drug-likeness (QED) is 0.729. The predicted molar refractivity (Wildman–Crippen MR) is 99.8 cm³/mol. The highest BCUT2D eigenvalue weighted by Crippen LogP contribution is 2.19. The first-order valence-electron chi connectivity index (χ1n) is 8.67. The summed E-state index contributed by atoms with van der Waals surface area (Å²) in [5.74, 6) is 0.0907. The number of nitrogens with zero attached hydrogens (tertiary/aromatic N) is 2. The molecule has 3 aromatic rings. The summed E-state index contributed by atoms with van der Waals surface area (Å²) in [6.45, 7) is 4.66. The van der Waals surface area contributed by atoms with E-state index >= 15 is 0 Å². The van der Waals surface area contributed by atoms with Crippen LogP contribution in [0.25, 0.3) is 21.8 Å². The first kappa shape index (κ1) is 15.8. The molecule has 1 unspecified atom stereocenters. The molecule has 0 bridgehead atoms. The van der Waals surface area contributed by atoms with Crippen molar-refractivity contribution in [1.29, 1.82) is 0 Å². The molecule has 1 amide bonds. The fraction of sp³-hybridized carbons (Fsp3) is 0.300. The first-order valence-corrected chi connectivity index (χ1v) is 8.67. The molecule has 5 heteroatoms. The Bertz CT molecular complexity index is 949. The fourth-order valence-electron chi connectivity index (χ4n) is 3.68. The number of carbonyl (C=O) groups is 1. The van der Waals surface area contributed by atoms with Gasteiger partial charge >= 0.3 is 0 Å². The molecule has 1 aromatic heterocycles. The van der Waals surface area contributed by atoms with Crippen LogP contribution in [0.15, 0.2) is 53.3 Å². The van der Waals surface area contributed by atoms with E-state index in [2.05, 4.69) is 12.2 Å². The van der Waals surface area contributed by atoms with Crippen molar-refractivity contribution in [2.24, 2.45) is 0 Å². The number of pyridine rings is 1. The van der Waals surface area contributed by atoms with Crippen molar-refractivity contribution in [2.75, 3.05) is 19.6 Å². The number of aromatic nitrogens is 1. The number of hydrogen-bond donors (Lipinski definition) is 1. The van der Waals surface area contributed by atoms with E-state index in [4.69, 9.17) is 0 Å². The van der Waals surface area contributed by atoms with Gasteiger partial charge in [-0.1, -0.05) is 24.3 Å². The number of carbonyl (C=O) groups excluding carboxylic acids is 1. The number of rotatable bonds is 2. The minimum atomic E-state index is 0.0189. The molecule has 0 radical (unpaired) electrons. The van der Waals surface area contributed by atoms with E-state index in [9.17, 15) is 9.59 Å². The lowest BCUT2D eigenvalue weighted by atomic mass is 10.1. The Morgan fingerprint density at radius 2 is 1.68 bits per heavy atom. The van der Waals surface area contributed by atoms with Crippen LogP contribution in [-0.4, -0.2) is 41.1 Å². The summed E-state index contributed by atoms with van der Waals surface area (Å²) in [4.78, 5) is 27.6. The Labute approximate surface area is 145 Å². The Kier molecular flexibility index (Phi) is 4.01. The zero-order chi connectivity index (χ0) is 17.4. The van der Waals surface area contributed by atoms with Gasteiger partial charge in [-0.15, -0.1) is 0 Å². The highest BCUT2D eigenvalue weighted by atomic mass is 16.2. The highest BCUT2D eigenvalue weighted by Gasteiger charge is 2.24. The number of benzene rings is 2. The van der Waals surface area contributed by atoms with Gasteiger partial charge in [0.25, 0.3) is 0 Å². The van der Waals surface area contributed by atoms with E-state index in [1.807, 2.05) is 58.0 Å². The molecule has 5 nitrogen and oxygen atoms in total. The number of para-hydroxylation sites is 2. The monoisotopic (exact) mass is 335 g/mol. The smallest absolute Gasteiger partial charge is 0.242 e. The third-order valence-corrected chi connectivity index (χ3v) is 4.99. The second kappa shape index (κ2) is 6.33. The largest absolute Gasteiger partial charge is 0.336 e. The van der Waals surface area contributed by atoms with E-state index in [-0.39, 0.29) is 23.9 Å². The molecule has 1 fully saturated rings. The van der Waals surface area contributed by atoms with Gasteiger partial charge in [0.05, 0.1) is 11.0 Å². The minimum absolute atomic E-state index is 0.0189. The van der Waals surface area contributed by atoms with Gasteiger partial charge in [-0.2, -0.15) is 0 Å². The minimum Gasteiger partial charge on any atom is -0.336 e. The van der Waals surface area contributed by atoms with Gasteiger partial charge in [0.1, 0.15) is 6.54 Å². The number of fused-ring (bicyclic) bond motifs is 2. The zero-order valence-electron chi connectivity index (χ0n) is 14.2. The van der Waals surface area contributed by atoms with Crippen molar-refractivity contribution in [3.05, 3.63) is 58.8 Å². The molecule has 0 spiro atoms. The molecule has 0 saturated carbocycles. The molecule has 1 N–H and O–H groups in total. The van der Waals surface area contributed by atoms with Gasteiger partial charge < -0.3 is 14.8 Å². The van der Waals surface area contributed by atoms with Gasteiger partial charge in [0.15, 0.2) is 5.43 Å². The summed E-state index contributed by atoms with van der Waals surface area (Å²) in [6.07, 6.45) is 0. The van der Waals surface area contributed by atoms with Gasteiger partial charge in [-0.05, 0) is 31.2 Å². The third-order valence-electron chi connectivity index (χ3n) is 4.99. The Balaban J connectivity index is 1.86. The maximum atomic E-state index is 12.9. The van der Waals surface area contributed by atoms with Crippen molar-refractivity contribution in [3.63, 3.8) is 0 Å². The lowest BCUT2D eigenvalue weighted by molar-refractivity contribution is -0.134. The molecule has 128 valence electrons. The van der Waals surface area contributed by atoms with E-state index in [0.29, 0.717) is 10.8 Å². The molecule has 2 aromatic carbocycles. The Morgan fingerprint density at radius 1 is 1.08 bits per heavy atom. The summed E-state index contributed by atoms with van der Waals surface area (Å²) in [7, 11) is 0. The van der Waals surface area contributed by atoms with Crippen molar-refractivity contribution in [2.45, 2.75) is 19.5 Å². The summed E-state index contributed by atoms with van der Waals surface area (Å²) >= 11 is 0. The third kappa shape index (κ3) is 2.70. The summed E-state index contributed by atoms with van der Waals surface area (Å²) < 4.78 is 1.98. The molecule has 0 aliphatic carbocycles. The second-order valence-corrected chi connectivity index (χ2v) is 6.59. The molecule has 1 aliphatic heterocycles. The van der Waals surface area contributed by atoms with E-state index in [0.717, 1.165) is 30.7 Å². The highest BCUT2D eigenvalue weighted by molar-refractivity contribution is 5.94. The van der Waals surface area contributed by atoms with Crippen LogP contribution in [0.4, 0.5) is 0 Å². The Hall–Kier alpha value is -2.66. The zero-order valence-corrected chi connectivity index (χ0v) is 14.2. The number of nitrogens with one attached hydrogen (secondary N) is 1. The molecule has 1 aliphatic rings. The van der Waals surface area contributed by atoms with E-state index in [1.165, 1.54) is 0 Å². The lowest BCUT2D eigenvalue weighted by Crippen LogP contribution is -2.53. The maximum absolute atomic E-state index is 12.9. The molecule has 1 atom stereocenters. The van der Waals surface area contributed by atoms with Gasteiger partial charge in [-0.3, -0.25) is 9.59 Å². The van der Waals surface area contributed by atoms with Crippen LogP contribution in [0.5, 0.6) is 0 Å². The van der Waals surface area contributed by atoms with Crippen LogP contribution in [0, 0.1) is 0 Å². The molecule has 1 saturated heterocycles. The van der Waals surface area contributed by atoms with Crippen molar-refractivity contribution < 1.29 is 4.79 Å². The normalized spacial score (nSPS) is 18.0. The molecule has 2 heterocycles. The second-order valence-electron chi connectivity index (χ2n) is 6.59. The molecule has 25 heavy (non-hydrogen) atoms. The topological polar surface area (TPSA) is 54.3 Å². The van der Waals surface area contributed by atoms with Crippen molar-refractivity contribution in [3.8, 4) is 0 Å². The molecule has 4 rings (SSSR count). The van der Waals surface area contributed by atoms with Crippen LogP contribution in [0.2, 0.25) is 0 Å². The summed E-state index contributed by atoms with van der Waals surface area (Å²) in [5.41, 5.74) is 1.63.